The van der Waals surface area contributed by atoms with Gasteiger partial charge in [0.15, 0.2) is 0 Å². The minimum Gasteiger partial charge on any atom is -0.340 e. The molecule has 0 spiro atoms. The summed E-state index contributed by atoms with van der Waals surface area (Å²) in [6.45, 7) is 4.31. The SMILES string of the molecule is O=C(C1CC2CCC1N2)N1CCN2CCCC2C1. The summed E-state index contributed by atoms with van der Waals surface area (Å²) in [5.41, 5.74) is 0. The molecular formula is C14H23N3O. The van der Waals surface area contributed by atoms with Crippen LogP contribution in [0.3, 0.4) is 0 Å². The molecule has 4 nitrogen and oxygen atoms in total. The van der Waals surface area contributed by atoms with E-state index in [1.54, 1.807) is 0 Å². The van der Waals surface area contributed by atoms with Gasteiger partial charge in [0.05, 0.1) is 5.92 Å². The predicted octanol–water partition coefficient (Wildman–Crippen LogP) is 0.434. The van der Waals surface area contributed by atoms with E-state index >= 15 is 0 Å². The largest absolute Gasteiger partial charge is 0.340 e. The van der Waals surface area contributed by atoms with Crippen molar-refractivity contribution in [1.29, 1.82) is 0 Å². The van der Waals surface area contributed by atoms with Gasteiger partial charge in [-0.2, -0.15) is 0 Å². The Morgan fingerprint density at radius 1 is 1.11 bits per heavy atom. The zero-order valence-corrected chi connectivity index (χ0v) is 11.0. The highest BCUT2D eigenvalue weighted by Gasteiger charge is 2.45. The quantitative estimate of drug-likeness (QED) is 0.732. The van der Waals surface area contributed by atoms with Gasteiger partial charge < -0.3 is 10.2 Å². The lowest BCUT2D eigenvalue weighted by molar-refractivity contribution is -0.138. The fourth-order valence-corrected chi connectivity index (χ4v) is 4.52. The van der Waals surface area contributed by atoms with Crippen LogP contribution < -0.4 is 5.32 Å². The van der Waals surface area contributed by atoms with Crippen LogP contribution in [0.2, 0.25) is 0 Å². The second-order valence-corrected chi connectivity index (χ2v) is 6.51. The Morgan fingerprint density at radius 3 is 2.83 bits per heavy atom. The van der Waals surface area contributed by atoms with E-state index in [2.05, 4.69) is 15.1 Å². The highest BCUT2D eigenvalue weighted by atomic mass is 16.2. The third-order valence-electron chi connectivity index (χ3n) is 5.52. The van der Waals surface area contributed by atoms with Crippen LogP contribution >= 0.6 is 0 Å². The molecule has 4 unspecified atom stereocenters. The Balaban J connectivity index is 1.42. The van der Waals surface area contributed by atoms with E-state index in [9.17, 15) is 4.79 Å². The third kappa shape index (κ3) is 1.69. The molecule has 4 fully saturated rings. The van der Waals surface area contributed by atoms with Crippen LogP contribution in [-0.4, -0.2) is 60.0 Å². The minimum atomic E-state index is 0.289. The average molecular weight is 249 g/mol. The van der Waals surface area contributed by atoms with E-state index in [1.807, 2.05) is 0 Å². The summed E-state index contributed by atoms with van der Waals surface area (Å²) in [4.78, 5) is 17.4. The number of rotatable bonds is 1. The number of amides is 1. The van der Waals surface area contributed by atoms with Gasteiger partial charge in [0.25, 0.3) is 0 Å². The molecule has 2 bridgehead atoms. The number of nitrogens with zero attached hydrogens (tertiary/aromatic N) is 2. The zero-order valence-electron chi connectivity index (χ0n) is 11.0. The predicted molar refractivity (Wildman–Crippen MR) is 69.2 cm³/mol. The Kier molecular flexibility index (Phi) is 2.62. The van der Waals surface area contributed by atoms with E-state index in [0.717, 1.165) is 26.1 Å². The molecule has 0 saturated carbocycles. The smallest absolute Gasteiger partial charge is 0.227 e. The Bertz CT molecular complexity index is 359. The number of carbonyl (C=O) groups excluding carboxylic acids is 1. The monoisotopic (exact) mass is 249 g/mol. The molecule has 1 amide bonds. The first kappa shape index (κ1) is 11.2. The first-order valence-electron chi connectivity index (χ1n) is 7.60. The molecule has 0 aliphatic carbocycles. The Labute approximate surface area is 109 Å². The van der Waals surface area contributed by atoms with Gasteiger partial charge in [-0.05, 0) is 38.6 Å². The van der Waals surface area contributed by atoms with Gasteiger partial charge in [-0.3, -0.25) is 9.69 Å². The normalized spacial score (nSPS) is 43.4. The molecule has 4 aliphatic rings. The number of hydrogen-bond donors (Lipinski definition) is 1. The second kappa shape index (κ2) is 4.20. The average Bonchev–Trinajstić information content (AvgIpc) is 3.12. The van der Waals surface area contributed by atoms with Crippen LogP contribution in [0.5, 0.6) is 0 Å². The van der Waals surface area contributed by atoms with Crippen molar-refractivity contribution in [1.82, 2.24) is 15.1 Å². The Hall–Kier alpha value is -0.610. The van der Waals surface area contributed by atoms with Gasteiger partial charge in [-0.15, -0.1) is 0 Å². The van der Waals surface area contributed by atoms with Gasteiger partial charge in [0, 0.05) is 37.8 Å². The van der Waals surface area contributed by atoms with Crippen molar-refractivity contribution in [3.8, 4) is 0 Å². The maximum atomic E-state index is 12.6. The first-order valence-corrected chi connectivity index (χ1v) is 7.60. The molecule has 0 aromatic rings. The second-order valence-electron chi connectivity index (χ2n) is 6.51. The van der Waals surface area contributed by atoms with Gasteiger partial charge in [-0.1, -0.05) is 0 Å². The summed E-state index contributed by atoms with van der Waals surface area (Å²) >= 11 is 0. The van der Waals surface area contributed by atoms with Crippen molar-refractivity contribution in [3.05, 3.63) is 0 Å². The van der Waals surface area contributed by atoms with Crippen molar-refractivity contribution in [2.24, 2.45) is 5.92 Å². The van der Waals surface area contributed by atoms with Crippen molar-refractivity contribution < 1.29 is 4.79 Å². The Morgan fingerprint density at radius 2 is 2.06 bits per heavy atom. The molecule has 0 aromatic heterocycles. The van der Waals surface area contributed by atoms with Crippen LogP contribution in [-0.2, 0) is 4.79 Å². The molecule has 4 aliphatic heterocycles. The van der Waals surface area contributed by atoms with Crippen LogP contribution in [0.15, 0.2) is 0 Å². The van der Waals surface area contributed by atoms with Crippen molar-refractivity contribution in [2.45, 2.75) is 50.2 Å². The molecule has 4 rings (SSSR count). The number of fused-ring (bicyclic) bond motifs is 3. The molecule has 4 heteroatoms. The van der Waals surface area contributed by atoms with Crippen molar-refractivity contribution in [2.75, 3.05) is 26.2 Å². The van der Waals surface area contributed by atoms with E-state index in [1.165, 1.54) is 32.2 Å². The van der Waals surface area contributed by atoms with Crippen molar-refractivity contribution in [3.63, 3.8) is 0 Å². The molecule has 1 N–H and O–H groups in total. The van der Waals surface area contributed by atoms with E-state index in [-0.39, 0.29) is 5.92 Å². The van der Waals surface area contributed by atoms with E-state index in [0.29, 0.717) is 24.0 Å². The number of nitrogens with one attached hydrogen (secondary N) is 1. The summed E-state index contributed by atoms with van der Waals surface area (Å²) in [5, 5.41) is 3.59. The summed E-state index contributed by atoms with van der Waals surface area (Å²) in [6, 6.07) is 1.79. The number of carbonyl (C=O) groups is 1. The first-order chi connectivity index (χ1) is 8.81. The molecule has 18 heavy (non-hydrogen) atoms. The molecule has 4 atom stereocenters. The van der Waals surface area contributed by atoms with E-state index in [4.69, 9.17) is 0 Å². The summed E-state index contributed by atoms with van der Waals surface area (Å²) in [5.74, 6) is 0.734. The summed E-state index contributed by atoms with van der Waals surface area (Å²) in [7, 11) is 0. The maximum Gasteiger partial charge on any atom is 0.227 e. The van der Waals surface area contributed by atoms with Gasteiger partial charge in [0.1, 0.15) is 0 Å². The molecule has 4 heterocycles. The minimum absolute atomic E-state index is 0.289. The molecular weight excluding hydrogens is 226 g/mol. The molecule has 100 valence electrons. The summed E-state index contributed by atoms with van der Waals surface area (Å²) < 4.78 is 0. The fraction of sp³-hybridized carbons (Fsp3) is 0.929. The van der Waals surface area contributed by atoms with Crippen molar-refractivity contribution >= 4 is 5.91 Å². The van der Waals surface area contributed by atoms with Gasteiger partial charge in [0.2, 0.25) is 5.91 Å². The van der Waals surface area contributed by atoms with Crippen LogP contribution in [0, 0.1) is 5.92 Å². The lowest BCUT2D eigenvalue weighted by Crippen LogP contribution is -2.54. The fourth-order valence-electron chi connectivity index (χ4n) is 4.52. The number of piperazine rings is 1. The highest BCUT2D eigenvalue weighted by Crippen LogP contribution is 2.35. The molecule has 0 aromatic carbocycles. The van der Waals surface area contributed by atoms with Gasteiger partial charge in [-0.25, -0.2) is 0 Å². The van der Waals surface area contributed by atoms with Crippen LogP contribution in [0.4, 0.5) is 0 Å². The molecule has 0 radical (unpaired) electrons. The molecule has 4 saturated heterocycles. The lowest BCUT2D eigenvalue weighted by atomic mass is 9.88. The highest BCUT2D eigenvalue weighted by molar-refractivity contribution is 5.80. The zero-order chi connectivity index (χ0) is 12.1. The standard InChI is InChI=1S/C14H23N3O/c18-14(12-8-10-3-4-13(12)15-10)17-7-6-16-5-1-2-11(16)9-17/h10-13,15H,1-9H2. The number of hydrogen-bond acceptors (Lipinski definition) is 3. The summed E-state index contributed by atoms with van der Waals surface area (Å²) in [6.07, 6.45) is 6.20. The topological polar surface area (TPSA) is 35.6 Å². The maximum absolute atomic E-state index is 12.6. The van der Waals surface area contributed by atoms with Crippen LogP contribution in [0.25, 0.3) is 0 Å². The van der Waals surface area contributed by atoms with Gasteiger partial charge >= 0.3 is 0 Å². The third-order valence-corrected chi connectivity index (χ3v) is 5.52. The van der Waals surface area contributed by atoms with Crippen LogP contribution in [0.1, 0.15) is 32.1 Å². The lowest BCUT2D eigenvalue weighted by Gasteiger charge is -2.39. The van der Waals surface area contributed by atoms with E-state index < -0.39 is 0 Å².